The first-order valence-corrected chi connectivity index (χ1v) is 10.3. The number of anilines is 3. The van der Waals surface area contributed by atoms with Gasteiger partial charge >= 0.3 is 0 Å². The molecule has 31 heavy (non-hydrogen) atoms. The summed E-state index contributed by atoms with van der Waals surface area (Å²) in [6.07, 6.45) is 7.82. The van der Waals surface area contributed by atoms with E-state index in [9.17, 15) is 4.39 Å². The number of aromatic nitrogens is 5. The lowest BCUT2D eigenvalue weighted by Gasteiger charge is -2.37. The van der Waals surface area contributed by atoms with Crippen molar-refractivity contribution in [1.29, 1.82) is 0 Å². The van der Waals surface area contributed by atoms with Gasteiger partial charge in [-0.2, -0.15) is 9.61 Å². The van der Waals surface area contributed by atoms with Crippen LogP contribution in [0.5, 0.6) is 0 Å². The minimum atomic E-state index is -0.422. The Hall–Kier alpha value is -3.59. The second kappa shape index (κ2) is 7.92. The number of imidazole rings is 1. The lowest BCUT2D eigenvalue weighted by atomic mass is 9.96. The van der Waals surface area contributed by atoms with Crippen LogP contribution in [-0.2, 0) is 0 Å². The minimum absolute atomic E-state index is 0.134. The third kappa shape index (κ3) is 3.79. The van der Waals surface area contributed by atoms with Crippen molar-refractivity contribution in [2.24, 2.45) is 11.7 Å². The van der Waals surface area contributed by atoms with Gasteiger partial charge in [-0.3, -0.25) is 9.97 Å². The van der Waals surface area contributed by atoms with E-state index in [0.29, 0.717) is 17.6 Å². The molecule has 1 fully saturated rings. The van der Waals surface area contributed by atoms with Gasteiger partial charge < -0.3 is 16.0 Å². The summed E-state index contributed by atoms with van der Waals surface area (Å²) in [6.45, 7) is 3.92. The average molecular weight is 418 g/mol. The summed E-state index contributed by atoms with van der Waals surface area (Å²) < 4.78 is 15.8. The molecule has 5 heterocycles. The quantitative estimate of drug-likeness (QED) is 0.525. The van der Waals surface area contributed by atoms with E-state index in [1.54, 1.807) is 41.4 Å². The number of nitrogens with zero attached hydrogens (tertiary/aromatic N) is 6. The lowest BCUT2D eigenvalue weighted by molar-refractivity contribution is 0.402. The number of pyridine rings is 2. The summed E-state index contributed by atoms with van der Waals surface area (Å²) in [5.41, 5.74) is 9.48. The summed E-state index contributed by atoms with van der Waals surface area (Å²) in [4.78, 5) is 15.1. The van der Waals surface area contributed by atoms with Gasteiger partial charge in [0, 0.05) is 31.5 Å². The number of hydrogen-bond acceptors (Lipinski definition) is 7. The third-order valence-electron chi connectivity index (χ3n) is 5.46. The van der Waals surface area contributed by atoms with Crippen LogP contribution in [0.3, 0.4) is 0 Å². The summed E-state index contributed by atoms with van der Waals surface area (Å²) in [5.74, 6) is 0.598. The van der Waals surface area contributed by atoms with Crippen molar-refractivity contribution >= 4 is 22.8 Å². The van der Waals surface area contributed by atoms with Crippen LogP contribution in [0.15, 0.2) is 55.1 Å². The second-order valence-electron chi connectivity index (χ2n) is 7.99. The zero-order valence-electron chi connectivity index (χ0n) is 17.1. The Labute approximate surface area is 179 Å². The molecule has 9 heteroatoms. The summed E-state index contributed by atoms with van der Waals surface area (Å²) in [5, 5.41) is 7.91. The lowest BCUT2D eigenvalue weighted by Crippen LogP contribution is -2.46. The van der Waals surface area contributed by atoms with Gasteiger partial charge in [0.1, 0.15) is 11.4 Å². The number of rotatable bonds is 4. The van der Waals surface area contributed by atoms with E-state index in [2.05, 4.69) is 37.2 Å². The van der Waals surface area contributed by atoms with E-state index >= 15 is 0 Å². The smallest absolute Gasteiger partial charge is 0.229 e. The van der Waals surface area contributed by atoms with Crippen molar-refractivity contribution in [3.05, 3.63) is 60.9 Å². The molecule has 0 amide bonds. The van der Waals surface area contributed by atoms with E-state index in [-0.39, 0.29) is 11.7 Å². The maximum absolute atomic E-state index is 14.2. The van der Waals surface area contributed by atoms with Gasteiger partial charge in [-0.1, -0.05) is 6.92 Å². The molecule has 1 aliphatic heterocycles. The van der Waals surface area contributed by atoms with Crippen molar-refractivity contribution in [1.82, 2.24) is 24.6 Å². The number of hydrogen-bond donors (Lipinski definition) is 2. The minimum Gasteiger partial charge on any atom is -0.368 e. The molecule has 0 saturated carbocycles. The second-order valence-corrected chi connectivity index (χ2v) is 7.99. The van der Waals surface area contributed by atoms with Crippen molar-refractivity contribution in [2.45, 2.75) is 19.4 Å². The van der Waals surface area contributed by atoms with E-state index in [4.69, 9.17) is 5.73 Å². The van der Waals surface area contributed by atoms with Crippen molar-refractivity contribution in [3.63, 3.8) is 0 Å². The molecular weight excluding hydrogens is 395 g/mol. The first kappa shape index (κ1) is 19.4. The molecule has 8 nitrogen and oxygen atoms in total. The highest BCUT2D eigenvalue weighted by Crippen LogP contribution is 2.31. The highest BCUT2D eigenvalue weighted by molar-refractivity contribution is 5.73. The molecule has 1 saturated heterocycles. The highest BCUT2D eigenvalue weighted by Gasteiger charge is 2.24. The van der Waals surface area contributed by atoms with Gasteiger partial charge in [-0.25, -0.2) is 9.37 Å². The van der Waals surface area contributed by atoms with Crippen LogP contribution in [0.1, 0.15) is 13.3 Å². The number of fused-ring (bicyclic) bond motifs is 1. The van der Waals surface area contributed by atoms with E-state index in [1.165, 1.54) is 6.07 Å². The Morgan fingerprint density at radius 2 is 2.00 bits per heavy atom. The molecule has 2 atom stereocenters. The third-order valence-corrected chi connectivity index (χ3v) is 5.46. The zero-order chi connectivity index (χ0) is 21.4. The molecule has 1 aliphatic rings. The maximum atomic E-state index is 14.2. The molecule has 0 aliphatic carbocycles. The summed E-state index contributed by atoms with van der Waals surface area (Å²) in [6, 6.07) is 8.61. The molecule has 5 rings (SSSR count). The largest absolute Gasteiger partial charge is 0.368 e. The van der Waals surface area contributed by atoms with Gasteiger partial charge in [0.25, 0.3) is 0 Å². The zero-order valence-corrected chi connectivity index (χ0v) is 17.1. The van der Waals surface area contributed by atoms with Gasteiger partial charge in [-0.05, 0) is 42.7 Å². The highest BCUT2D eigenvalue weighted by atomic mass is 19.1. The van der Waals surface area contributed by atoms with Crippen LogP contribution in [0.25, 0.3) is 16.9 Å². The summed E-state index contributed by atoms with van der Waals surface area (Å²) in [7, 11) is 0. The number of piperidine rings is 1. The molecular formula is C22H23FN8. The molecule has 0 bridgehead atoms. The van der Waals surface area contributed by atoms with E-state index < -0.39 is 5.82 Å². The number of halogens is 1. The fourth-order valence-electron chi connectivity index (χ4n) is 4.14. The first-order chi connectivity index (χ1) is 15.1. The van der Waals surface area contributed by atoms with Crippen LogP contribution in [0.4, 0.5) is 21.7 Å². The number of nitrogens with one attached hydrogen (secondary N) is 1. The van der Waals surface area contributed by atoms with Crippen LogP contribution in [-0.4, -0.2) is 43.7 Å². The van der Waals surface area contributed by atoms with Gasteiger partial charge in [0.15, 0.2) is 5.82 Å². The molecule has 4 aromatic heterocycles. The first-order valence-electron chi connectivity index (χ1n) is 10.3. The van der Waals surface area contributed by atoms with Crippen LogP contribution in [0, 0.1) is 11.7 Å². The SMILES string of the molecule is C[C@H]1C[C@@H](N)CN(c2ccncc2Nc2ncc3ccc(-c4ncccc4F)nn23)C1. The molecule has 3 N–H and O–H groups in total. The predicted octanol–water partition coefficient (Wildman–Crippen LogP) is 3.24. The molecule has 158 valence electrons. The Morgan fingerprint density at radius 1 is 1.10 bits per heavy atom. The monoisotopic (exact) mass is 418 g/mol. The Kier molecular flexibility index (Phi) is 4.95. The standard InChI is InChI=1S/C22H23FN8/c1-14-9-15(24)13-30(12-14)20-6-8-25-11-19(20)28-22-27-10-16-4-5-18(29-31(16)22)21-17(23)3-2-7-26-21/h2-8,10-11,14-15H,9,12-13,24H2,1H3,(H,27,28)/t14-,15+/m0/s1. The predicted molar refractivity (Wildman–Crippen MR) is 118 cm³/mol. The van der Waals surface area contributed by atoms with Crippen molar-refractivity contribution in [2.75, 3.05) is 23.3 Å². The van der Waals surface area contributed by atoms with E-state index in [0.717, 1.165) is 36.4 Å². The van der Waals surface area contributed by atoms with Crippen molar-refractivity contribution < 1.29 is 4.39 Å². The maximum Gasteiger partial charge on any atom is 0.229 e. The molecule has 0 unspecified atom stereocenters. The summed E-state index contributed by atoms with van der Waals surface area (Å²) >= 11 is 0. The molecule has 0 radical (unpaired) electrons. The van der Waals surface area contributed by atoms with Crippen molar-refractivity contribution in [3.8, 4) is 11.4 Å². The normalized spacial score (nSPS) is 19.0. The van der Waals surface area contributed by atoms with Crippen LogP contribution < -0.4 is 16.0 Å². The number of nitrogens with two attached hydrogens (primary N) is 1. The molecule has 0 spiro atoms. The van der Waals surface area contributed by atoms with Gasteiger partial charge in [0.2, 0.25) is 5.95 Å². The van der Waals surface area contributed by atoms with E-state index in [1.807, 2.05) is 12.1 Å². The van der Waals surface area contributed by atoms with Crippen LogP contribution in [0.2, 0.25) is 0 Å². The fourth-order valence-corrected chi connectivity index (χ4v) is 4.14. The van der Waals surface area contributed by atoms with Gasteiger partial charge in [0.05, 0.1) is 29.3 Å². The molecule has 0 aromatic carbocycles. The Balaban J connectivity index is 1.50. The Morgan fingerprint density at radius 3 is 2.84 bits per heavy atom. The topological polar surface area (TPSA) is 97.3 Å². The van der Waals surface area contributed by atoms with Gasteiger partial charge in [-0.15, -0.1) is 0 Å². The average Bonchev–Trinajstić information content (AvgIpc) is 3.16. The molecule has 4 aromatic rings. The fraction of sp³-hybridized carbons (Fsp3) is 0.273. The van der Waals surface area contributed by atoms with Crippen LogP contribution >= 0.6 is 0 Å². The Bertz CT molecular complexity index is 1210.